The van der Waals surface area contributed by atoms with Crippen molar-refractivity contribution in [2.75, 3.05) is 31.7 Å². The minimum atomic E-state index is -0.709. The molecule has 3 aromatic carbocycles. The lowest BCUT2D eigenvalue weighted by Crippen LogP contribution is -2.28. The van der Waals surface area contributed by atoms with E-state index in [9.17, 15) is 4.79 Å². The van der Waals surface area contributed by atoms with Gasteiger partial charge in [-0.25, -0.2) is 4.79 Å². The number of hydrogen-bond donors (Lipinski definition) is 0. The van der Waals surface area contributed by atoms with Crippen molar-refractivity contribution in [2.45, 2.75) is 6.92 Å². The molecule has 0 saturated carbocycles. The number of rotatable bonds is 8. The smallest absolute Gasteiger partial charge is 0.497 e. The van der Waals surface area contributed by atoms with Crippen molar-refractivity contribution in [1.29, 1.82) is 0 Å². The first kappa shape index (κ1) is 20.3. The molecule has 3 aromatic rings. The Balaban J connectivity index is 1.49. The van der Waals surface area contributed by atoms with Gasteiger partial charge in [-0.3, -0.25) is 0 Å². The fraction of sp³-hybridized carbons (Fsp3) is 0.208. The molecule has 0 spiro atoms. The van der Waals surface area contributed by atoms with Crippen LogP contribution in [0, 0.1) is 0 Å². The van der Waals surface area contributed by atoms with Gasteiger partial charge in [0.2, 0.25) is 0 Å². The van der Waals surface area contributed by atoms with Gasteiger partial charge in [-0.05, 0) is 42.3 Å². The van der Waals surface area contributed by atoms with Crippen molar-refractivity contribution in [3.05, 3.63) is 78.9 Å². The molecule has 29 heavy (non-hydrogen) atoms. The van der Waals surface area contributed by atoms with Gasteiger partial charge in [0.05, 0.1) is 13.7 Å². The van der Waals surface area contributed by atoms with E-state index < -0.39 is 6.16 Å². The summed E-state index contributed by atoms with van der Waals surface area (Å²) in [5.74, 6) is 1.25. The topological polar surface area (TPSA) is 48.0 Å². The summed E-state index contributed by atoms with van der Waals surface area (Å²) in [7, 11) is 1.64. The first-order valence-corrected chi connectivity index (χ1v) is 9.58. The fourth-order valence-electron chi connectivity index (χ4n) is 2.99. The van der Waals surface area contributed by atoms with Gasteiger partial charge in [0.25, 0.3) is 0 Å². The van der Waals surface area contributed by atoms with Crippen molar-refractivity contribution in [1.82, 2.24) is 0 Å². The first-order chi connectivity index (χ1) is 14.2. The SMILES string of the molecule is CCN(CCOC(=O)Oc1ccc(-c2ccccc2)cc1)c1cccc(OC)c1. The van der Waals surface area contributed by atoms with Crippen molar-refractivity contribution in [2.24, 2.45) is 0 Å². The minimum absolute atomic E-state index is 0.228. The Morgan fingerprint density at radius 2 is 1.59 bits per heavy atom. The lowest BCUT2D eigenvalue weighted by molar-refractivity contribution is 0.101. The van der Waals surface area contributed by atoms with Gasteiger partial charge in [-0.1, -0.05) is 48.5 Å². The van der Waals surface area contributed by atoms with E-state index in [1.54, 1.807) is 19.2 Å². The number of ether oxygens (including phenoxy) is 3. The highest BCUT2D eigenvalue weighted by molar-refractivity contribution is 5.67. The average Bonchev–Trinajstić information content (AvgIpc) is 2.78. The molecule has 0 saturated heterocycles. The Labute approximate surface area is 171 Å². The molecule has 3 rings (SSSR count). The molecule has 0 unspecified atom stereocenters. The first-order valence-electron chi connectivity index (χ1n) is 9.58. The minimum Gasteiger partial charge on any atom is -0.497 e. The molecule has 0 bridgehead atoms. The molecule has 0 aliphatic carbocycles. The average molecular weight is 391 g/mol. The van der Waals surface area contributed by atoms with Crippen LogP contribution in [0.3, 0.4) is 0 Å². The highest BCUT2D eigenvalue weighted by atomic mass is 16.7. The third-order valence-electron chi connectivity index (χ3n) is 4.54. The van der Waals surface area contributed by atoms with E-state index in [4.69, 9.17) is 14.2 Å². The van der Waals surface area contributed by atoms with Crippen LogP contribution in [0.5, 0.6) is 11.5 Å². The zero-order valence-corrected chi connectivity index (χ0v) is 16.7. The molecule has 5 nitrogen and oxygen atoms in total. The van der Waals surface area contributed by atoms with Crippen LogP contribution in [-0.4, -0.2) is 33.0 Å². The van der Waals surface area contributed by atoms with E-state index in [1.807, 2.05) is 73.7 Å². The van der Waals surface area contributed by atoms with Crippen LogP contribution in [0.2, 0.25) is 0 Å². The van der Waals surface area contributed by atoms with Crippen LogP contribution in [0.1, 0.15) is 6.92 Å². The van der Waals surface area contributed by atoms with Crippen LogP contribution in [0.4, 0.5) is 10.5 Å². The highest BCUT2D eigenvalue weighted by Crippen LogP contribution is 2.23. The molecule has 0 N–H and O–H groups in total. The number of anilines is 1. The summed E-state index contributed by atoms with van der Waals surface area (Å²) in [5, 5.41) is 0. The highest BCUT2D eigenvalue weighted by Gasteiger charge is 2.10. The van der Waals surface area contributed by atoms with Crippen LogP contribution in [0.25, 0.3) is 11.1 Å². The monoisotopic (exact) mass is 391 g/mol. The summed E-state index contributed by atoms with van der Waals surface area (Å²) in [6, 6.07) is 25.2. The summed E-state index contributed by atoms with van der Waals surface area (Å²) in [4.78, 5) is 14.1. The summed E-state index contributed by atoms with van der Waals surface area (Å²) >= 11 is 0. The number of carbonyl (C=O) groups excluding carboxylic acids is 1. The van der Waals surface area contributed by atoms with Crippen molar-refractivity contribution in [3.63, 3.8) is 0 Å². The molecular weight excluding hydrogens is 366 g/mol. The van der Waals surface area contributed by atoms with Gasteiger partial charge in [-0.2, -0.15) is 0 Å². The lowest BCUT2D eigenvalue weighted by Gasteiger charge is -2.23. The standard InChI is InChI=1S/C24H25NO4/c1-3-25(21-10-7-11-23(18-21)27-2)16-17-28-24(26)29-22-14-12-20(13-15-22)19-8-5-4-6-9-19/h4-15,18H,3,16-17H2,1-2H3. The summed E-state index contributed by atoms with van der Waals surface area (Å²) in [6.07, 6.45) is -0.709. The Morgan fingerprint density at radius 3 is 2.28 bits per heavy atom. The zero-order valence-electron chi connectivity index (χ0n) is 16.7. The van der Waals surface area contributed by atoms with E-state index >= 15 is 0 Å². The second-order valence-corrected chi connectivity index (χ2v) is 6.37. The molecule has 0 atom stereocenters. The zero-order chi connectivity index (χ0) is 20.5. The van der Waals surface area contributed by atoms with Crippen molar-refractivity contribution < 1.29 is 19.0 Å². The number of hydrogen-bond acceptors (Lipinski definition) is 5. The third kappa shape index (κ3) is 5.75. The van der Waals surface area contributed by atoms with Crippen LogP contribution < -0.4 is 14.4 Å². The number of nitrogens with zero attached hydrogens (tertiary/aromatic N) is 1. The summed E-state index contributed by atoms with van der Waals surface area (Å²) in [6.45, 7) is 3.62. The predicted molar refractivity (Wildman–Crippen MR) is 115 cm³/mol. The van der Waals surface area contributed by atoms with Gasteiger partial charge in [0, 0.05) is 18.3 Å². The van der Waals surface area contributed by atoms with Crippen molar-refractivity contribution in [3.8, 4) is 22.6 Å². The molecule has 0 aromatic heterocycles. The molecular formula is C24H25NO4. The molecule has 0 fully saturated rings. The Kier molecular flexibility index (Phi) is 7.11. The second kappa shape index (κ2) is 10.2. The molecule has 5 heteroatoms. The molecule has 0 aliphatic rings. The Hall–Kier alpha value is -3.47. The molecule has 0 aliphatic heterocycles. The maximum atomic E-state index is 12.0. The normalized spacial score (nSPS) is 10.3. The fourth-order valence-corrected chi connectivity index (χ4v) is 2.99. The second-order valence-electron chi connectivity index (χ2n) is 6.37. The van der Waals surface area contributed by atoms with Crippen LogP contribution in [-0.2, 0) is 4.74 Å². The van der Waals surface area contributed by atoms with E-state index in [0.717, 1.165) is 29.1 Å². The lowest BCUT2D eigenvalue weighted by atomic mass is 10.1. The molecule has 150 valence electrons. The van der Waals surface area contributed by atoms with Gasteiger partial charge < -0.3 is 19.1 Å². The number of carbonyl (C=O) groups is 1. The van der Waals surface area contributed by atoms with E-state index in [2.05, 4.69) is 4.90 Å². The largest absolute Gasteiger partial charge is 0.513 e. The van der Waals surface area contributed by atoms with Gasteiger partial charge in [0.1, 0.15) is 18.1 Å². The predicted octanol–water partition coefficient (Wildman–Crippen LogP) is 5.40. The van der Waals surface area contributed by atoms with E-state index in [1.165, 1.54) is 0 Å². The Bertz CT molecular complexity index is 910. The van der Waals surface area contributed by atoms with E-state index in [-0.39, 0.29) is 6.61 Å². The number of methoxy groups -OCH3 is 1. The summed E-state index contributed by atoms with van der Waals surface area (Å²) in [5.41, 5.74) is 3.18. The quantitative estimate of drug-likeness (QED) is 0.380. The van der Waals surface area contributed by atoms with Gasteiger partial charge in [-0.15, -0.1) is 0 Å². The number of benzene rings is 3. The molecule has 0 heterocycles. The van der Waals surface area contributed by atoms with Gasteiger partial charge in [0.15, 0.2) is 0 Å². The summed E-state index contributed by atoms with van der Waals surface area (Å²) < 4.78 is 15.8. The maximum Gasteiger partial charge on any atom is 0.513 e. The van der Waals surface area contributed by atoms with Gasteiger partial charge >= 0.3 is 6.16 Å². The van der Waals surface area contributed by atoms with E-state index in [0.29, 0.717) is 12.3 Å². The molecule has 0 radical (unpaired) electrons. The maximum absolute atomic E-state index is 12.0. The number of likely N-dealkylation sites (N-methyl/N-ethyl adjacent to an activating group) is 1. The molecule has 0 amide bonds. The third-order valence-corrected chi connectivity index (χ3v) is 4.54. The van der Waals surface area contributed by atoms with Crippen LogP contribution >= 0.6 is 0 Å². The Morgan fingerprint density at radius 1 is 0.862 bits per heavy atom. The van der Waals surface area contributed by atoms with Crippen molar-refractivity contribution >= 4 is 11.8 Å². The van der Waals surface area contributed by atoms with Crippen LogP contribution in [0.15, 0.2) is 78.9 Å².